The maximum Gasteiger partial charge on any atom is 0.524 e. The average molecular weight is 253 g/mol. The Kier molecular flexibility index (Phi) is 2.83. The minimum atomic E-state index is -4.57. The summed E-state index contributed by atoms with van der Waals surface area (Å²) in [6.45, 7) is 1.83. The van der Waals surface area contributed by atoms with Crippen molar-refractivity contribution in [2.24, 2.45) is 0 Å². The number of aryl methyl sites for hydroxylation is 1. The first-order chi connectivity index (χ1) is 7.88. The maximum absolute atomic E-state index is 10.9. The highest BCUT2D eigenvalue weighted by Crippen LogP contribution is 2.42. The third-order valence-electron chi connectivity index (χ3n) is 2.46. The van der Waals surface area contributed by atoms with Gasteiger partial charge in [-0.05, 0) is 24.6 Å². The highest BCUT2D eigenvalue weighted by atomic mass is 31.2. The molecule has 0 aromatic heterocycles. The van der Waals surface area contributed by atoms with Crippen molar-refractivity contribution in [1.29, 1.82) is 0 Å². The Bertz CT molecular complexity index is 620. The molecular weight excluding hydrogens is 241 g/mol. The standard InChI is InChI=1S/C11H12NO4P/c1-7-3-2-4-8-9(12)5-6-10(11(7)8)16-17(13,14)15/h2-6H,12H2,1H3,(H2,13,14,15). The van der Waals surface area contributed by atoms with Crippen LogP contribution in [0, 0.1) is 6.92 Å². The van der Waals surface area contributed by atoms with Crippen LogP contribution in [-0.4, -0.2) is 9.79 Å². The number of rotatable bonds is 2. The molecule has 5 nitrogen and oxygen atoms in total. The lowest BCUT2D eigenvalue weighted by Crippen LogP contribution is -1.95. The van der Waals surface area contributed by atoms with Crippen LogP contribution in [0.3, 0.4) is 0 Å². The van der Waals surface area contributed by atoms with Gasteiger partial charge in [0, 0.05) is 16.5 Å². The van der Waals surface area contributed by atoms with Gasteiger partial charge in [0.2, 0.25) is 0 Å². The van der Waals surface area contributed by atoms with Gasteiger partial charge in [-0.1, -0.05) is 18.2 Å². The van der Waals surface area contributed by atoms with Crippen molar-refractivity contribution in [2.45, 2.75) is 6.92 Å². The van der Waals surface area contributed by atoms with Crippen LogP contribution in [0.5, 0.6) is 5.75 Å². The monoisotopic (exact) mass is 253 g/mol. The fraction of sp³-hybridized carbons (Fsp3) is 0.0909. The Morgan fingerprint density at radius 1 is 1.24 bits per heavy atom. The van der Waals surface area contributed by atoms with E-state index in [1.807, 2.05) is 19.1 Å². The summed E-state index contributed by atoms with van der Waals surface area (Å²) >= 11 is 0. The molecule has 2 rings (SSSR count). The Labute approximate surface area is 98.1 Å². The highest BCUT2D eigenvalue weighted by Gasteiger charge is 2.18. The Hall–Kier alpha value is -1.55. The van der Waals surface area contributed by atoms with E-state index in [0.29, 0.717) is 11.1 Å². The van der Waals surface area contributed by atoms with E-state index < -0.39 is 7.82 Å². The predicted octanol–water partition coefficient (Wildman–Crippen LogP) is 2.20. The topological polar surface area (TPSA) is 92.8 Å². The molecule has 2 aromatic rings. The van der Waals surface area contributed by atoms with Crippen LogP contribution >= 0.6 is 7.82 Å². The molecule has 0 aliphatic carbocycles. The van der Waals surface area contributed by atoms with Gasteiger partial charge in [-0.2, -0.15) is 0 Å². The van der Waals surface area contributed by atoms with Gasteiger partial charge in [0.1, 0.15) is 5.75 Å². The first-order valence-corrected chi connectivity index (χ1v) is 6.44. The van der Waals surface area contributed by atoms with Gasteiger partial charge in [0.15, 0.2) is 0 Å². The zero-order chi connectivity index (χ0) is 12.6. The molecule has 6 heteroatoms. The Morgan fingerprint density at radius 3 is 2.59 bits per heavy atom. The van der Waals surface area contributed by atoms with E-state index in [9.17, 15) is 4.57 Å². The van der Waals surface area contributed by atoms with Crippen molar-refractivity contribution in [3.05, 3.63) is 35.9 Å². The van der Waals surface area contributed by atoms with E-state index in [-0.39, 0.29) is 5.75 Å². The molecule has 0 unspecified atom stereocenters. The number of nitrogen functional groups attached to an aromatic ring is 1. The van der Waals surface area contributed by atoms with Crippen LogP contribution in [0.2, 0.25) is 0 Å². The molecule has 0 bridgehead atoms. The Balaban J connectivity index is 2.73. The van der Waals surface area contributed by atoms with Crippen molar-refractivity contribution >= 4 is 24.3 Å². The van der Waals surface area contributed by atoms with Crippen molar-refractivity contribution in [1.82, 2.24) is 0 Å². The second kappa shape index (κ2) is 4.04. The van der Waals surface area contributed by atoms with Crippen LogP contribution in [0.25, 0.3) is 10.8 Å². The second-order valence-electron chi connectivity index (χ2n) is 3.73. The average Bonchev–Trinajstić information content (AvgIpc) is 2.21. The summed E-state index contributed by atoms with van der Waals surface area (Å²) in [5, 5.41) is 1.34. The molecule has 0 spiro atoms. The van der Waals surface area contributed by atoms with Crippen molar-refractivity contribution in [3.63, 3.8) is 0 Å². The summed E-state index contributed by atoms with van der Waals surface area (Å²) in [7, 11) is -4.57. The first-order valence-electron chi connectivity index (χ1n) is 4.91. The summed E-state index contributed by atoms with van der Waals surface area (Å²) in [6.07, 6.45) is 0. The van der Waals surface area contributed by atoms with Crippen LogP contribution in [0.1, 0.15) is 5.56 Å². The largest absolute Gasteiger partial charge is 0.524 e. The maximum atomic E-state index is 10.9. The van der Waals surface area contributed by atoms with Gasteiger partial charge in [0.25, 0.3) is 0 Å². The summed E-state index contributed by atoms with van der Waals surface area (Å²) in [5.74, 6) is 0.139. The molecule has 0 aliphatic rings. The molecular formula is C11H12NO4P. The summed E-state index contributed by atoms with van der Waals surface area (Å²) in [5.41, 5.74) is 7.20. The lowest BCUT2D eigenvalue weighted by atomic mass is 10.0. The van der Waals surface area contributed by atoms with E-state index >= 15 is 0 Å². The lowest BCUT2D eigenvalue weighted by molar-refractivity contribution is 0.284. The molecule has 0 fully saturated rings. The summed E-state index contributed by atoms with van der Waals surface area (Å²) in [4.78, 5) is 17.7. The number of benzene rings is 2. The van der Waals surface area contributed by atoms with Gasteiger partial charge in [0.05, 0.1) is 0 Å². The molecule has 0 radical (unpaired) electrons. The van der Waals surface area contributed by atoms with Gasteiger partial charge >= 0.3 is 7.82 Å². The molecule has 0 atom stereocenters. The molecule has 4 N–H and O–H groups in total. The number of fused-ring (bicyclic) bond motifs is 1. The van der Waals surface area contributed by atoms with Crippen molar-refractivity contribution in [3.8, 4) is 5.75 Å². The molecule has 0 aliphatic heterocycles. The summed E-state index contributed by atoms with van der Waals surface area (Å²) in [6, 6.07) is 8.46. The van der Waals surface area contributed by atoms with E-state index in [0.717, 1.165) is 10.9 Å². The van der Waals surface area contributed by atoms with E-state index in [2.05, 4.69) is 4.52 Å². The fourth-order valence-corrected chi connectivity index (χ4v) is 2.19. The fourth-order valence-electron chi connectivity index (χ4n) is 1.78. The van der Waals surface area contributed by atoms with Crippen LogP contribution in [0.15, 0.2) is 30.3 Å². The number of phosphoric ester groups is 1. The normalized spacial score (nSPS) is 11.7. The third-order valence-corrected chi connectivity index (χ3v) is 2.90. The SMILES string of the molecule is Cc1cccc2c(N)ccc(OP(=O)(O)O)c12. The lowest BCUT2D eigenvalue weighted by Gasteiger charge is -2.12. The van der Waals surface area contributed by atoms with Gasteiger partial charge in [-0.25, -0.2) is 4.57 Å². The number of nitrogens with two attached hydrogens (primary N) is 1. The quantitative estimate of drug-likeness (QED) is 0.563. The predicted molar refractivity (Wildman–Crippen MR) is 65.8 cm³/mol. The molecule has 0 amide bonds. The smallest absolute Gasteiger partial charge is 0.404 e. The summed E-state index contributed by atoms with van der Waals surface area (Å²) < 4.78 is 15.5. The van der Waals surface area contributed by atoms with Gasteiger partial charge in [-0.15, -0.1) is 0 Å². The second-order valence-corrected chi connectivity index (χ2v) is 4.90. The van der Waals surface area contributed by atoms with Crippen molar-refractivity contribution in [2.75, 3.05) is 5.73 Å². The number of phosphoric acid groups is 1. The first kappa shape index (κ1) is 11.9. The number of hydrogen-bond donors (Lipinski definition) is 3. The van der Waals surface area contributed by atoms with Crippen LogP contribution < -0.4 is 10.3 Å². The van der Waals surface area contributed by atoms with Crippen molar-refractivity contribution < 1.29 is 18.9 Å². The zero-order valence-corrected chi connectivity index (χ0v) is 10.0. The minimum Gasteiger partial charge on any atom is -0.404 e. The molecule has 2 aromatic carbocycles. The highest BCUT2D eigenvalue weighted by molar-refractivity contribution is 7.46. The molecule has 0 saturated carbocycles. The van der Waals surface area contributed by atoms with Gasteiger partial charge < -0.3 is 10.3 Å². The minimum absolute atomic E-state index is 0.139. The number of hydrogen-bond acceptors (Lipinski definition) is 3. The van der Waals surface area contributed by atoms with E-state index in [1.165, 1.54) is 6.07 Å². The molecule has 0 heterocycles. The third kappa shape index (κ3) is 2.42. The van der Waals surface area contributed by atoms with Gasteiger partial charge in [-0.3, -0.25) is 9.79 Å². The Morgan fingerprint density at radius 2 is 1.94 bits per heavy atom. The number of anilines is 1. The molecule has 17 heavy (non-hydrogen) atoms. The van der Waals surface area contributed by atoms with Crippen LogP contribution in [-0.2, 0) is 4.57 Å². The van der Waals surface area contributed by atoms with E-state index in [1.54, 1.807) is 12.1 Å². The zero-order valence-electron chi connectivity index (χ0n) is 9.12. The molecule has 90 valence electrons. The van der Waals surface area contributed by atoms with E-state index in [4.69, 9.17) is 15.5 Å². The molecule has 0 saturated heterocycles. The van der Waals surface area contributed by atoms with Crippen LogP contribution in [0.4, 0.5) is 5.69 Å².